The van der Waals surface area contributed by atoms with Crippen molar-refractivity contribution in [2.45, 2.75) is 25.8 Å². The number of fused-ring (bicyclic) bond motifs is 1. The lowest BCUT2D eigenvalue weighted by atomic mass is 10.2. The average Bonchev–Trinajstić information content (AvgIpc) is 2.96. The van der Waals surface area contributed by atoms with Gasteiger partial charge in [0.25, 0.3) is 0 Å². The van der Waals surface area contributed by atoms with Crippen LogP contribution >= 0.6 is 11.3 Å². The van der Waals surface area contributed by atoms with E-state index in [1.807, 2.05) is 18.2 Å². The Balaban J connectivity index is 1.43. The average molecular weight is 333 g/mol. The van der Waals surface area contributed by atoms with Gasteiger partial charge in [-0.3, -0.25) is 9.69 Å². The fraction of sp³-hybridized carbons (Fsp3) is 0.529. The number of carbonyl (C=O) groups excluding carboxylic acids is 1. The topological polar surface area (TPSA) is 54.5 Å². The van der Waals surface area contributed by atoms with Crippen molar-refractivity contribution < 1.29 is 9.53 Å². The standard InChI is InChI=1S/C17H23N3O2S/c1-13(12-20-8-10-22-11-9-20)18-16(21)6-7-17-19-14-4-2-3-5-15(14)23-17/h2-5,13H,6-12H2,1H3,(H,18,21). The number of aromatic nitrogens is 1. The summed E-state index contributed by atoms with van der Waals surface area (Å²) in [6, 6.07) is 8.26. The molecule has 1 aliphatic rings. The van der Waals surface area contributed by atoms with Crippen molar-refractivity contribution in [3.63, 3.8) is 0 Å². The second kappa shape index (κ2) is 7.86. The van der Waals surface area contributed by atoms with E-state index in [1.165, 1.54) is 4.70 Å². The molecule has 3 rings (SSSR count). The summed E-state index contributed by atoms with van der Waals surface area (Å²) in [7, 11) is 0. The third-order valence-electron chi connectivity index (χ3n) is 3.95. The van der Waals surface area contributed by atoms with Crippen molar-refractivity contribution >= 4 is 27.5 Å². The highest BCUT2D eigenvalue weighted by Crippen LogP contribution is 2.22. The highest BCUT2D eigenvalue weighted by atomic mass is 32.1. The van der Waals surface area contributed by atoms with E-state index in [0.717, 1.165) is 43.4 Å². The molecule has 2 aromatic rings. The first-order valence-corrected chi connectivity index (χ1v) is 8.96. The largest absolute Gasteiger partial charge is 0.379 e. The Labute approximate surface area is 140 Å². The normalized spacial score (nSPS) is 17.3. The van der Waals surface area contributed by atoms with E-state index in [1.54, 1.807) is 11.3 Å². The van der Waals surface area contributed by atoms with Crippen LogP contribution in [0.4, 0.5) is 0 Å². The van der Waals surface area contributed by atoms with Crippen LogP contribution in [0, 0.1) is 0 Å². The predicted molar refractivity (Wildman–Crippen MR) is 92.8 cm³/mol. The molecule has 0 spiro atoms. The molecule has 6 heteroatoms. The fourth-order valence-corrected chi connectivity index (χ4v) is 3.78. The maximum absolute atomic E-state index is 12.1. The zero-order chi connectivity index (χ0) is 16.1. The smallest absolute Gasteiger partial charge is 0.220 e. The number of nitrogens with zero attached hydrogens (tertiary/aromatic N) is 2. The third-order valence-corrected chi connectivity index (χ3v) is 5.04. The molecular weight excluding hydrogens is 310 g/mol. The van der Waals surface area contributed by atoms with Crippen LogP contribution < -0.4 is 5.32 Å². The number of morpholine rings is 1. The number of nitrogens with one attached hydrogen (secondary N) is 1. The van der Waals surface area contributed by atoms with E-state index in [2.05, 4.69) is 28.2 Å². The Kier molecular flexibility index (Phi) is 5.59. The molecule has 1 amide bonds. The molecule has 2 heterocycles. The number of carbonyl (C=O) groups is 1. The van der Waals surface area contributed by atoms with Gasteiger partial charge in [-0.1, -0.05) is 12.1 Å². The van der Waals surface area contributed by atoms with E-state index in [4.69, 9.17) is 4.74 Å². The van der Waals surface area contributed by atoms with Crippen LogP contribution in [-0.2, 0) is 16.0 Å². The maximum Gasteiger partial charge on any atom is 0.220 e. The molecule has 0 saturated carbocycles. The van der Waals surface area contributed by atoms with Crippen LogP contribution in [0.5, 0.6) is 0 Å². The number of hydrogen-bond donors (Lipinski definition) is 1. The second-order valence-electron chi connectivity index (χ2n) is 5.96. The maximum atomic E-state index is 12.1. The number of rotatable bonds is 6. The Morgan fingerprint density at radius 2 is 2.17 bits per heavy atom. The number of aryl methyl sites for hydroxylation is 1. The number of amides is 1. The molecule has 0 bridgehead atoms. The van der Waals surface area contributed by atoms with Crippen molar-refractivity contribution in [1.82, 2.24) is 15.2 Å². The van der Waals surface area contributed by atoms with Gasteiger partial charge >= 0.3 is 0 Å². The van der Waals surface area contributed by atoms with Crippen LogP contribution in [0.15, 0.2) is 24.3 Å². The summed E-state index contributed by atoms with van der Waals surface area (Å²) in [5, 5.41) is 4.12. The second-order valence-corrected chi connectivity index (χ2v) is 7.07. The molecule has 23 heavy (non-hydrogen) atoms. The molecule has 1 unspecified atom stereocenters. The lowest BCUT2D eigenvalue weighted by Crippen LogP contribution is -2.46. The molecule has 0 radical (unpaired) electrons. The third kappa shape index (κ3) is 4.73. The van der Waals surface area contributed by atoms with Crippen molar-refractivity contribution in [3.8, 4) is 0 Å². The SMILES string of the molecule is CC(CN1CCOCC1)NC(=O)CCc1nc2ccccc2s1. The predicted octanol–water partition coefficient (Wildman–Crippen LogP) is 2.07. The molecule has 1 aliphatic heterocycles. The van der Waals surface area contributed by atoms with E-state index < -0.39 is 0 Å². The fourth-order valence-electron chi connectivity index (χ4n) is 2.81. The molecule has 1 aromatic heterocycles. The first-order valence-electron chi connectivity index (χ1n) is 8.14. The molecular formula is C17H23N3O2S. The zero-order valence-electron chi connectivity index (χ0n) is 13.5. The summed E-state index contributed by atoms with van der Waals surface area (Å²) < 4.78 is 6.52. The number of benzene rings is 1. The number of ether oxygens (including phenoxy) is 1. The molecule has 1 saturated heterocycles. The van der Waals surface area contributed by atoms with Gasteiger partial charge in [-0.15, -0.1) is 11.3 Å². The van der Waals surface area contributed by atoms with Gasteiger partial charge < -0.3 is 10.1 Å². The number of hydrogen-bond acceptors (Lipinski definition) is 5. The lowest BCUT2D eigenvalue weighted by Gasteiger charge is -2.29. The van der Waals surface area contributed by atoms with Gasteiger partial charge in [-0.25, -0.2) is 4.98 Å². The Bertz CT molecular complexity index is 619. The Morgan fingerprint density at radius 1 is 1.39 bits per heavy atom. The Hall–Kier alpha value is -1.50. The number of para-hydroxylation sites is 1. The highest BCUT2D eigenvalue weighted by Gasteiger charge is 2.15. The van der Waals surface area contributed by atoms with Crippen LogP contribution in [0.3, 0.4) is 0 Å². The van der Waals surface area contributed by atoms with Gasteiger partial charge in [0.2, 0.25) is 5.91 Å². The quantitative estimate of drug-likeness (QED) is 0.879. The van der Waals surface area contributed by atoms with Gasteiger partial charge in [0.1, 0.15) is 0 Å². The van der Waals surface area contributed by atoms with E-state index >= 15 is 0 Å². The van der Waals surface area contributed by atoms with Gasteiger partial charge in [0, 0.05) is 38.5 Å². The van der Waals surface area contributed by atoms with Crippen LogP contribution in [-0.4, -0.2) is 54.7 Å². The van der Waals surface area contributed by atoms with Crippen molar-refractivity contribution in [2.75, 3.05) is 32.8 Å². The molecule has 124 valence electrons. The van der Waals surface area contributed by atoms with Gasteiger partial charge in [-0.05, 0) is 19.1 Å². The van der Waals surface area contributed by atoms with Crippen molar-refractivity contribution in [2.24, 2.45) is 0 Å². The van der Waals surface area contributed by atoms with Crippen LogP contribution in [0.2, 0.25) is 0 Å². The molecule has 5 nitrogen and oxygen atoms in total. The molecule has 1 N–H and O–H groups in total. The van der Waals surface area contributed by atoms with Gasteiger partial charge in [0.05, 0.1) is 28.4 Å². The zero-order valence-corrected chi connectivity index (χ0v) is 14.3. The monoisotopic (exact) mass is 333 g/mol. The summed E-state index contributed by atoms with van der Waals surface area (Å²) >= 11 is 1.67. The van der Waals surface area contributed by atoms with Crippen molar-refractivity contribution in [1.29, 1.82) is 0 Å². The summed E-state index contributed by atoms with van der Waals surface area (Å²) in [6.07, 6.45) is 1.20. The minimum Gasteiger partial charge on any atom is -0.379 e. The minimum atomic E-state index is 0.102. The van der Waals surface area contributed by atoms with Crippen LogP contribution in [0.25, 0.3) is 10.2 Å². The first-order chi connectivity index (χ1) is 11.2. The van der Waals surface area contributed by atoms with E-state index in [9.17, 15) is 4.79 Å². The lowest BCUT2D eigenvalue weighted by molar-refractivity contribution is -0.121. The van der Waals surface area contributed by atoms with E-state index in [-0.39, 0.29) is 11.9 Å². The number of thiazole rings is 1. The summed E-state index contributed by atoms with van der Waals surface area (Å²) in [5.74, 6) is 0.102. The molecule has 1 atom stereocenters. The van der Waals surface area contributed by atoms with Gasteiger partial charge in [-0.2, -0.15) is 0 Å². The van der Waals surface area contributed by atoms with E-state index in [0.29, 0.717) is 12.8 Å². The summed E-state index contributed by atoms with van der Waals surface area (Å²) in [5.41, 5.74) is 1.02. The Morgan fingerprint density at radius 3 is 2.96 bits per heavy atom. The van der Waals surface area contributed by atoms with Gasteiger partial charge in [0.15, 0.2) is 0 Å². The van der Waals surface area contributed by atoms with Crippen molar-refractivity contribution in [3.05, 3.63) is 29.3 Å². The highest BCUT2D eigenvalue weighted by molar-refractivity contribution is 7.18. The minimum absolute atomic E-state index is 0.102. The molecule has 0 aliphatic carbocycles. The molecule has 1 fully saturated rings. The van der Waals surface area contributed by atoms with Crippen LogP contribution in [0.1, 0.15) is 18.4 Å². The summed E-state index contributed by atoms with van der Waals surface area (Å²) in [6.45, 7) is 6.43. The first kappa shape index (κ1) is 16.4. The summed E-state index contributed by atoms with van der Waals surface area (Å²) in [4.78, 5) is 19.0. The molecule has 1 aromatic carbocycles.